The predicted octanol–water partition coefficient (Wildman–Crippen LogP) is 3.94. The van der Waals surface area contributed by atoms with Gasteiger partial charge in [0.05, 0.1) is 0 Å². The van der Waals surface area contributed by atoms with Gasteiger partial charge in [0.2, 0.25) is 0 Å². The monoisotopic (exact) mass is 294 g/mol. The van der Waals surface area contributed by atoms with Crippen molar-refractivity contribution < 1.29 is 0 Å². The van der Waals surface area contributed by atoms with Crippen LogP contribution in [0.15, 0.2) is 24.3 Å². The summed E-state index contributed by atoms with van der Waals surface area (Å²) in [6.07, 6.45) is 2.46. The Bertz CT molecular complexity index is 402. The van der Waals surface area contributed by atoms with Gasteiger partial charge in [-0.3, -0.25) is 4.90 Å². The Labute approximate surface area is 128 Å². The van der Waals surface area contributed by atoms with E-state index in [1.807, 2.05) is 12.1 Å². The van der Waals surface area contributed by atoms with Crippen molar-refractivity contribution in [2.45, 2.75) is 52.2 Å². The molecule has 0 aromatic heterocycles. The fourth-order valence-corrected chi connectivity index (χ4v) is 3.20. The van der Waals surface area contributed by atoms with Gasteiger partial charge in [0.1, 0.15) is 0 Å². The zero-order valence-electron chi connectivity index (χ0n) is 12.9. The van der Waals surface area contributed by atoms with Crippen molar-refractivity contribution in [3.63, 3.8) is 0 Å². The molecule has 0 bridgehead atoms. The van der Waals surface area contributed by atoms with E-state index in [0.29, 0.717) is 12.1 Å². The molecule has 1 fully saturated rings. The molecule has 0 spiro atoms. The number of halogens is 1. The average molecular weight is 295 g/mol. The maximum absolute atomic E-state index is 5.97. The van der Waals surface area contributed by atoms with Gasteiger partial charge in [0.15, 0.2) is 0 Å². The normalized spacial score (nSPS) is 24.2. The van der Waals surface area contributed by atoms with E-state index in [-0.39, 0.29) is 0 Å². The van der Waals surface area contributed by atoms with Crippen LogP contribution in [0.5, 0.6) is 0 Å². The van der Waals surface area contributed by atoms with E-state index in [4.69, 9.17) is 11.6 Å². The van der Waals surface area contributed by atoms with Crippen molar-refractivity contribution in [3.05, 3.63) is 34.9 Å². The van der Waals surface area contributed by atoms with Crippen LogP contribution in [-0.4, -0.2) is 30.1 Å². The predicted molar refractivity (Wildman–Crippen MR) is 87.2 cm³/mol. The molecule has 0 amide bonds. The average Bonchev–Trinajstić information content (AvgIpc) is 2.41. The Morgan fingerprint density at radius 3 is 2.60 bits per heavy atom. The van der Waals surface area contributed by atoms with Crippen LogP contribution in [0, 0.1) is 5.92 Å². The minimum absolute atomic E-state index is 0.630. The van der Waals surface area contributed by atoms with Gasteiger partial charge in [-0.05, 0) is 36.5 Å². The summed E-state index contributed by atoms with van der Waals surface area (Å²) in [5.41, 5.74) is 1.36. The number of piperazine rings is 1. The zero-order chi connectivity index (χ0) is 14.5. The zero-order valence-corrected chi connectivity index (χ0v) is 13.7. The van der Waals surface area contributed by atoms with Crippen molar-refractivity contribution in [2.24, 2.45) is 5.92 Å². The Morgan fingerprint density at radius 2 is 2.00 bits per heavy atom. The van der Waals surface area contributed by atoms with Crippen LogP contribution in [0.4, 0.5) is 0 Å². The molecule has 0 radical (unpaired) electrons. The third-order valence-corrected chi connectivity index (χ3v) is 4.39. The van der Waals surface area contributed by atoms with Gasteiger partial charge in [-0.1, -0.05) is 44.5 Å². The third-order valence-electron chi connectivity index (χ3n) is 4.14. The van der Waals surface area contributed by atoms with Crippen LogP contribution in [0.25, 0.3) is 0 Å². The molecular formula is C17H27ClN2. The lowest BCUT2D eigenvalue weighted by atomic mass is 9.98. The van der Waals surface area contributed by atoms with Gasteiger partial charge in [-0.15, -0.1) is 0 Å². The standard InChI is InChI=1S/C17H27ClN2/c1-4-17-10-19-16(9-13(2)3)12-20(17)11-14-5-7-15(18)8-6-14/h5-8,13,16-17,19H,4,9-12H2,1-3H3. The van der Waals surface area contributed by atoms with Crippen LogP contribution < -0.4 is 5.32 Å². The fourth-order valence-electron chi connectivity index (χ4n) is 3.08. The molecule has 1 aromatic rings. The Hall–Kier alpha value is -0.570. The summed E-state index contributed by atoms with van der Waals surface area (Å²) in [5, 5.41) is 4.53. The van der Waals surface area contributed by atoms with E-state index in [1.54, 1.807) is 0 Å². The Kier molecular flexibility index (Phi) is 5.88. The number of nitrogens with one attached hydrogen (secondary N) is 1. The first-order valence-electron chi connectivity index (χ1n) is 7.80. The molecule has 1 N–H and O–H groups in total. The molecule has 112 valence electrons. The molecular weight excluding hydrogens is 268 g/mol. The second-order valence-corrected chi connectivity index (χ2v) is 6.79. The van der Waals surface area contributed by atoms with Crippen LogP contribution in [0.3, 0.4) is 0 Å². The van der Waals surface area contributed by atoms with E-state index in [1.165, 1.54) is 18.4 Å². The number of benzene rings is 1. The van der Waals surface area contributed by atoms with Crippen molar-refractivity contribution in [2.75, 3.05) is 13.1 Å². The summed E-state index contributed by atoms with van der Waals surface area (Å²) < 4.78 is 0. The van der Waals surface area contributed by atoms with Crippen molar-refractivity contribution in [3.8, 4) is 0 Å². The first kappa shape index (κ1) is 15.8. The lowest BCUT2D eigenvalue weighted by Crippen LogP contribution is -2.56. The molecule has 2 atom stereocenters. The molecule has 1 aromatic carbocycles. The third kappa shape index (κ3) is 4.47. The molecule has 0 aliphatic carbocycles. The van der Waals surface area contributed by atoms with Crippen molar-refractivity contribution >= 4 is 11.6 Å². The lowest BCUT2D eigenvalue weighted by Gasteiger charge is -2.40. The second-order valence-electron chi connectivity index (χ2n) is 6.35. The topological polar surface area (TPSA) is 15.3 Å². The Balaban J connectivity index is 1.99. The molecule has 1 saturated heterocycles. The van der Waals surface area contributed by atoms with Gasteiger partial charge in [0, 0.05) is 36.7 Å². The summed E-state index contributed by atoms with van der Waals surface area (Å²) in [4.78, 5) is 2.63. The number of rotatable bonds is 5. The summed E-state index contributed by atoms with van der Waals surface area (Å²) in [6.45, 7) is 10.2. The maximum Gasteiger partial charge on any atom is 0.0406 e. The largest absolute Gasteiger partial charge is 0.311 e. The van der Waals surface area contributed by atoms with Gasteiger partial charge < -0.3 is 5.32 Å². The van der Waals surface area contributed by atoms with Gasteiger partial charge in [0.25, 0.3) is 0 Å². The first-order chi connectivity index (χ1) is 9.58. The van der Waals surface area contributed by atoms with Crippen molar-refractivity contribution in [1.82, 2.24) is 10.2 Å². The van der Waals surface area contributed by atoms with E-state index in [0.717, 1.165) is 30.6 Å². The minimum atomic E-state index is 0.630. The molecule has 0 saturated carbocycles. The van der Waals surface area contributed by atoms with Crippen molar-refractivity contribution in [1.29, 1.82) is 0 Å². The van der Waals surface area contributed by atoms with Crippen LogP contribution >= 0.6 is 11.6 Å². The number of hydrogen-bond acceptors (Lipinski definition) is 2. The molecule has 20 heavy (non-hydrogen) atoms. The van der Waals surface area contributed by atoms with Gasteiger partial charge >= 0.3 is 0 Å². The van der Waals surface area contributed by atoms with Crippen LogP contribution in [0.2, 0.25) is 5.02 Å². The fraction of sp³-hybridized carbons (Fsp3) is 0.647. The summed E-state index contributed by atoms with van der Waals surface area (Å²) in [7, 11) is 0. The lowest BCUT2D eigenvalue weighted by molar-refractivity contribution is 0.111. The molecule has 1 aliphatic rings. The summed E-state index contributed by atoms with van der Waals surface area (Å²) in [5.74, 6) is 0.753. The van der Waals surface area contributed by atoms with Gasteiger partial charge in [-0.25, -0.2) is 0 Å². The van der Waals surface area contributed by atoms with E-state index >= 15 is 0 Å². The maximum atomic E-state index is 5.97. The molecule has 1 heterocycles. The molecule has 2 rings (SSSR count). The minimum Gasteiger partial charge on any atom is -0.311 e. The first-order valence-corrected chi connectivity index (χ1v) is 8.18. The summed E-state index contributed by atoms with van der Waals surface area (Å²) >= 11 is 5.97. The summed E-state index contributed by atoms with van der Waals surface area (Å²) in [6, 6.07) is 9.56. The molecule has 2 unspecified atom stereocenters. The van der Waals surface area contributed by atoms with Crippen LogP contribution in [-0.2, 0) is 6.54 Å². The number of nitrogens with zero attached hydrogens (tertiary/aromatic N) is 1. The molecule has 3 heteroatoms. The highest BCUT2D eigenvalue weighted by molar-refractivity contribution is 6.30. The highest BCUT2D eigenvalue weighted by atomic mass is 35.5. The smallest absolute Gasteiger partial charge is 0.0406 e. The number of hydrogen-bond donors (Lipinski definition) is 1. The van der Waals surface area contributed by atoms with Gasteiger partial charge in [-0.2, -0.15) is 0 Å². The van der Waals surface area contributed by atoms with E-state index < -0.39 is 0 Å². The van der Waals surface area contributed by atoms with E-state index in [9.17, 15) is 0 Å². The highest BCUT2D eigenvalue weighted by Crippen LogP contribution is 2.19. The highest BCUT2D eigenvalue weighted by Gasteiger charge is 2.26. The quantitative estimate of drug-likeness (QED) is 0.885. The Morgan fingerprint density at radius 1 is 1.30 bits per heavy atom. The van der Waals surface area contributed by atoms with E-state index in [2.05, 4.69) is 43.1 Å². The molecule has 1 aliphatic heterocycles. The molecule has 2 nitrogen and oxygen atoms in total. The second kappa shape index (κ2) is 7.44. The SMILES string of the molecule is CCC1CNC(CC(C)C)CN1Cc1ccc(Cl)cc1. The van der Waals surface area contributed by atoms with Crippen LogP contribution in [0.1, 0.15) is 39.2 Å².